The van der Waals surface area contributed by atoms with E-state index in [0.29, 0.717) is 6.04 Å². The Bertz CT molecular complexity index is 392. The average molecular weight is 253 g/mol. The minimum atomic E-state index is 0.653. The van der Waals surface area contributed by atoms with E-state index in [-0.39, 0.29) is 0 Å². The smallest absolute Gasteiger partial charge is 0.0471 e. The van der Waals surface area contributed by atoms with Crippen LogP contribution >= 0.6 is 11.6 Å². The lowest BCUT2D eigenvalue weighted by atomic mass is 9.94. The van der Waals surface area contributed by atoms with Crippen molar-refractivity contribution in [1.29, 1.82) is 0 Å². The summed E-state index contributed by atoms with van der Waals surface area (Å²) in [7, 11) is 0. The Morgan fingerprint density at radius 3 is 2.82 bits per heavy atom. The quantitative estimate of drug-likeness (QED) is 0.816. The van der Waals surface area contributed by atoms with E-state index in [1.807, 2.05) is 18.2 Å². The minimum Gasteiger partial charge on any atom is -0.399 e. The molecular weight excluding hydrogens is 232 g/mol. The molecule has 2 N–H and O–H groups in total. The van der Waals surface area contributed by atoms with Crippen LogP contribution in [0.3, 0.4) is 0 Å². The molecule has 0 radical (unpaired) electrons. The van der Waals surface area contributed by atoms with Gasteiger partial charge in [0.15, 0.2) is 0 Å². The van der Waals surface area contributed by atoms with Gasteiger partial charge in [0.1, 0.15) is 0 Å². The molecular formula is C14H21ClN2. The van der Waals surface area contributed by atoms with Gasteiger partial charge >= 0.3 is 0 Å². The third-order valence-electron chi connectivity index (χ3n) is 3.70. The number of likely N-dealkylation sites (tertiary alicyclic amines) is 1. The van der Waals surface area contributed by atoms with Crippen molar-refractivity contribution in [3.05, 3.63) is 28.8 Å². The van der Waals surface area contributed by atoms with Crippen LogP contribution in [-0.2, 0) is 6.54 Å². The standard InChI is InChI=1S/C14H21ClN2/c1-10-3-4-11(2)17(8-10)9-12-5-6-13(16)7-14(12)15/h5-7,10-11H,3-4,8-9,16H2,1-2H3. The molecule has 94 valence electrons. The number of piperidine rings is 1. The Labute approximate surface area is 109 Å². The molecule has 0 bridgehead atoms. The highest BCUT2D eigenvalue weighted by atomic mass is 35.5. The molecule has 0 amide bonds. The number of anilines is 1. The van der Waals surface area contributed by atoms with Gasteiger partial charge in [0.05, 0.1) is 0 Å². The van der Waals surface area contributed by atoms with Crippen LogP contribution in [0.4, 0.5) is 5.69 Å². The van der Waals surface area contributed by atoms with E-state index in [1.54, 1.807) is 0 Å². The normalized spacial score (nSPS) is 26.1. The van der Waals surface area contributed by atoms with Gasteiger partial charge in [0.2, 0.25) is 0 Å². The van der Waals surface area contributed by atoms with E-state index in [2.05, 4.69) is 18.7 Å². The maximum absolute atomic E-state index is 6.23. The summed E-state index contributed by atoms with van der Waals surface area (Å²) < 4.78 is 0. The molecule has 0 spiro atoms. The van der Waals surface area contributed by atoms with E-state index >= 15 is 0 Å². The van der Waals surface area contributed by atoms with Crippen LogP contribution in [0, 0.1) is 5.92 Å². The molecule has 1 aromatic rings. The maximum atomic E-state index is 6.23. The highest BCUT2D eigenvalue weighted by Crippen LogP contribution is 2.26. The fourth-order valence-corrected chi connectivity index (χ4v) is 2.76. The summed E-state index contributed by atoms with van der Waals surface area (Å²) in [4.78, 5) is 2.52. The van der Waals surface area contributed by atoms with Gasteiger partial charge in [-0.25, -0.2) is 0 Å². The van der Waals surface area contributed by atoms with Crippen LogP contribution in [0.5, 0.6) is 0 Å². The summed E-state index contributed by atoms with van der Waals surface area (Å²) in [5.74, 6) is 0.791. The molecule has 0 saturated carbocycles. The summed E-state index contributed by atoms with van der Waals surface area (Å²) >= 11 is 6.23. The van der Waals surface area contributed by atoms with E-state index in [4.69, 9.17) is 17.3 Å². The Morgan fingerprint density at radius 1 is 1.35 bits per heavy atom. The zero-order chi connectivity index (χ0) is 12.4. The average Bonchev–Trinajstić information content (AvgIpc) is 2.27. The van der Waals surface area contributed by atoms with Crippen LogP contribution < -0.4 is 5.73 Å². The van der Waals surface area contributed by atoms with E-state index in [9.17, 15) is 0 Å². The fourth-order valence-electron chi connectivity index (χ4n) is 2.51. The van der Waals surface area contributed by atoms with Gasteiger partial charge in [-0.05, 0) is 43.4 Å². The predicted molar refractivity (Wildman–Crippen MR) is 74.1 cm³/mol. The number of rotatable bonds is 2. The third-order valence-corrected chi connectivity index (χ3v) is 4.05. The SMILES string of the molecule is CC1CCC(C)N(Cc2ccc(N)cc2Cl)C1. The highest BCUT2D eigenvalue weighted by Gasteiger charge is 2.23. The molecule has 2 nitrogen and oxygen atoms in total. The van der Waals surface area contributed by atoms with E-state index in [1.165, 1.54) is 24.9 Å². The first-order valence-corrected chi connectivity index (χ1v) is 6.72. The Kier molecular flexibility index (Phi) is 3.95. The van der Waals surface area contributed by atoms with Gasteiger partial charge in [-0.2, -0.15) is 0 Å². The minimum absolute atomic E-state index is 0.653. The van der Waals surface area contributed by atoms with Crippen LogP contribution in [0.1, 0.15) is 32.3 Å². The number of hydrogen-bond acceptors (Lipinski definition) is 2. The molecule has 2 unspecified atom stereocenters. The summed E-state index contributed by atoms with van der Waals surface area (Å²) in [5, 5.41) is 0.787. The summed E-state index contributed by atoms with van der Waals surface area (Å²) in [6.45, 7) is 6.73. The predicted octanol–water partition coefficient (Wildman–Crippen LogP) is 3.54. The van der Waals surface area contributed by atoms with Crippen molar-refractivity contribution < 1.29 is 0 Å². The van der Waals surface area contributed by atoms with Crippen LogP contribution in [-0.4, -0.2) is 17.5 Å². The molecule has 1 saturated heterocycles. The second kappa shape index (κ2) is 5.28. The molecule has 17 heavy (non-hydrogen) atoms. The van der Waals surface area contributed by atoms with Crippen molar-refractivity contribution in [1.82, 2.24) is 4.90 Å². The van der Waals surface area contributed by atoms with Crippen molar-refractivity contribution >= 4 is 17.3 Å². The number of halogens is 1. The lowest BCUT2D eigenvalue weighted by molar-refractivity contribution is 0.117. The Balaban J connectivity index is 2.08. The number of nitrogen functional groups attached to an aromatic ring is 1. The maximum Gasteiger partial charge on any atom is 0.0471 e. The highest BCUT2D eigenvalue weighted by molar-refractivity contribution is 6.31. The molecule has 2 rings (SSSR count). The van der Waals surface area contributed by atoms with Gasteiger partial charge in [-0.1, -0.05) is 24.6 Å². The van der Waals surface area contributed by atoms with Gasteiger partial charge in [-0.15, -0.1) is 0 Å². The number of nitrogens with two attached hydrogens (primary N) is 1. The zero-order valence-electron chi connectivity index (χ0n) is 10.6. The molecule has 1 aromatic carbocycles. The first-order chi connectivity index (χ1) is 8.06. The third kappa shape index (κ3) is 3.14. The second-order valence-corrected chi connectivity index (χ2v) is 5.72. The lowest BCUT2D eigenvalue weighted by Gasteiger charge is -2.37. The van der Waals surface area contributed by atoms with Gasteiger partial charge in [0.25, 0.3) is 0 Å². The van der Waals surface area contributed by atoms with Crippen LogP contribution in [0.15, 0.2) is 18.2 Å². The molecule has 0 aliphatic carbocycles. The van der Waals surface area contributed by atoms with Crippen LogP contribution in [0.2, 0.25) is 5.02 Å². The van der Waals surface area contributed by atoms with Gasteiger partial charge < -0.3 is 5.73 Å². The first-order valence-electron chi connectivity index (χ1n) is 6.34. The summed E-state index contributed by atoms with van der Waals surface area (Å²) in [6, 6.07) is 6.47. The van der Waals surface area contributed by atoms with E-state index in [0.717, 1.165) is 23.2 Å². The van der Waals surface area contributed by atoms with Crippen molar-refractivity contribution in [2.24, 2.45) is 5.92 Å². The summed E-state index contributed by atoms with van der Waals surface area (Å²) in [6.07, 6.45) is 2.63. The molecule has 1 aliphatic heterocycles. The van der Waals surface area contributed by atoms with Crippen molar-refractivity contribution in [2.75, 3.05) is 12.3 Å². The summed E-state index contributed by atoms with van der Waals surface area (Å²) in [5.41, 5.74) is 7.63. The Hall–Kier alpha value is -0.730. The molecule has 2 atom stereocenters. The fraction of sp³-hybridized carbons (Fsp3) is 0.571. The van der Waals surface area contributed by atoms with Crippen molar-refractivity contribution in [3.8, 4) is 0 Å². The van der Waals surface area contributed by atoms with Crippen molar-refractivity contribution in [3.63, 3.8) is 0 Å². The number of nitrogens with zero attached hydrogens (tertiary/aromatic N) is 1. The Morgan fingerprint density at radius 2 is 2.12 bits per heavy atom. The molecule has 0 aromatic heterocycles. The number of benzene rings is 1. The van der Waals surface area contributed by atoms with Gasteiger partial charge in [0, 0.05) is 29.8 Å². The largest absolute Gasteiger partial charge is 0.399 e. The lowest BCUT2D eigenvalue weighted by Crippen LogP contribution is -2.40. The number of hydrogen-bond donors (Lipinski definition) is 1. The zero-order valence-corrected chi connectivity index (χ0v) is 11.4. The first kappa shape index (κ1) is 12.7. The monoisotopic (exact) mass is 252 g/mol. The van der Waals surface area contributed by atoms with Gasteiger partial charge in [-0.3, -0.25) is 4.90 Å². The van der Waals surface area contributed by atoms with Crippen molar-refractivity contribution in [2.45, 2.75) is 39.3 Å². The molecule has 1 heterocycles. The molecule has 3 heteroatoms. The topological polar surface area (TPSA) is 29.3 Å². The second-order valence-electron chi connectivity index (χ2n) is 5.31. The van der Waals surface area contributed by atoms with E-state index < -0.39 is 0 Å². The molecule has 1 aliphatic rings. The molecule has 1 fully saturated rings. The van der Waals surface area contributed by atoms with Crippen LogP contribution in [0.25, 0.3) is 0 Å².